The number of hydrogen-bond acceptors (Lipinski definition) is 5. The number of benzene rings is 3. The van der Waals surface area contributed by atoms with Gasteiger partial charge in [0, 0.05) is 23.2 Å². The first-order valence-electron chi connectivity index (χ1n) is 12.5. The van der Waals surface area contributed by atoms with E-state index in [2.05, 4.69) is 41.3 Å². The zero-order valence-electron chi connectivity index (χ0n) is 20.6. The van der Waals surface area contributed by atoms with Gasteiger partial charge >= 0.3 is 0 Å². The van der Waals surface area contributed by atoms with Crippen molar-refractivity contribution in [2.24, 2.45) is 5.41 Å². The largest absolute Gasteiger partial charge is 0.494 e. The molecule has 1 saturated heterocycles. The van der Waals surface area contributed by atoms with Crippen molar-refractivity contribution in [3.63, 3.8) is 0 Å². The van der Waals surface area contributed by atoms with Crippen molar-refractivity contribution in [1.29, 1.82) is 10.5 Å². The first-order valence-corrected chi connectivity index (χ1v) is 12.5. The third-order valence-corrected chi connectivity index (χ3v) is 7.26. The van der Waals surface area contributed by atoms with Crippen LogP contribution in [0.4, 0.5) is 5.69 Å². The molecule has 180 valence electrons. The maximum absolute atomic E-state index is 10.7. The molecule has 0 N–H and O–H groups in total. The summed E-state index contributed by atoms with van der Waals surface area (Å²) in [6.45, 7) is 4.90. The summed E-state index contributed by atoms with van der Waals surface area (Å²) in [6.07, 6.45) is 4.75. The Kier molecular flexibility index (Phi) is 6.40. The second-order valence-corrected chi connectivity index (χ2v) is 9.16. The number of para-hydroxylation sites is 1. The molecule has 0 bridgehead atoms. The summed E-state index contributed by atoms with van der Waals surface area (Å²) in [5.74, 6) is 0.964. The summed E-state index contributed by atoms with van der Waals surface area (Å²) in [5, 5.41) is 21.4. The standard InChI is InChI=1S/C31H29N3O2/c1-3-35-24-15-16-28(36-4-2)25(19-24)30-27(18-22-10-6-5-7-11-22)34-26-13-9-8-12-23(26)14-17-29(34)31(30,20-32)21-33/h5-17,19,27,29-30H,3-4,18H2,1-2H3/t27-,29-,30+/m0/s1. The van der Waals surface area contributed by atoms with E-state index in [1.54, 1.807) is 0 Å². The topological polar surface area (TPSA) is 69.3 Å². The lowest BCUT2D eigenvalue weighted by Gasteiger charge is -2.36. The summed E-state index contributed by atoms with van der Waals surface area (Å²) in [4.78, 5) is 2.29. The molecule has 0 radical (unpaired) electrons. The van der Waals surface area contributed by atoms with Crippen molar-refractivity contribution in [3.05, 3.63) is 95.6 Å². The highest BCUT2D eigenvalue weighted by Gasteiger charge is 2.61. The monoisotopic (exact) mass is 475 g/mol. The number of hydrogen-bond donors (Lipinski definition) is 0. The SMILES string of the molecule is CCOc1ccc(OCC)c([C@@H]2[C@H](Cc3ccccc3)N3c4ccccc4C=C[C@H]3C2(C#N)C#N)c1. The molecule has 0 aromatic heterocycles. The minimum Gasteiger partial charge on any atom is -0.494 e. The van der Waals surface area contributed by atoms with Crippen LogP contribution in [0.3, 0.4) is 0 Å². The van der Waals surface area contributed by atoms with Crippen LogP contribution in [-0.2, 0) is 6.42 Å². The third-order valence-electron chi connectivity index (χ3n) is 7.26. The highest BCUT2D eigenvalue weighted by molar-refractivity contribution is 5.76. The lowest BCUT2D eigenvalue weighted by Crippen LogP contribution is -2.42. The van der Waals surface area contributed by atoms with Crippen LogP contribution < -0.4 is 14.4 Å². The maximum Gasteiger partial charge on any atom is 0.176 e. The Balaban J connectivity index is 1.76. The molecule has 5 rings (SSSR count). The molecule has 0 spiro atoms. The molecule has 0 amide bonds. The molecule has 0 unspecified atom stereocenters. The van der Waals surface area contributed by atoms with Crippen LogP contribution in [0.1, 0.15) is 36.5 Å². The van der Waals surface area contributed by atoms with Crippen LogP contribution in [-0.4, -0.2) is 25.3 Å². The number of fused-ring (bicyclic) bond motifs is 3. The van der Waals surface area contributed by atoms with Crippen LogP contribution >= 0.6 is 0 Å². The predicted molar refractivity (Wildman–Crippen MR) is 141 cm³/mol. The molecule has 2 aliphatic rings. The minimum absolute atomic E-state index is 0.154. The van der Waals surface area contributed by atoms with Crippen molar-refractivity contribution in [1.82, 2.24) is 0 Å². The summed E-state index contributed by atoms with van der Waals surface area (Å²) in [5.41, 5.74) is 2.81. The Labute approximate surface area is 212 Å². The van der Waals surface area contributed by atoms with E-state index in [-0.39, 0.29) is 6.04 Å². The van der Waals surface area contributed by atoms with E-state index in [0.717, 1.165) is 22.4 Å². The second-order valence-electron chi connectivity index (χ2n) is 9.16. The van der Waals surface area contributed by atoms with Crippen molar-refractivity contribution in [3.8, 4) is 23.6 Å². The smallest absolute Gasteiger partial charge is 0.176 e. The second kappa shape index (κ2) is 9.80. The van der Waals surface area contributed by atoms with Gasteiger partial charge in [-0.1, -0.05) is 60.7 Å². The quantitative estimate of drug-likeness (QED) is 0.411. The predicted octanol–water partition coefficient (Wildman–Crippen LogP) is 6.13. The molecule has 3 aromatic rings. The molecule has 5 nitrogen and oxygen atoms in total. The molecule has 36 heavy (non-hydrogen) atoms. The first-order chi connectivity index (χ1) is 17.7. The van der Waals surface area contributed by atoms with Gasteiger partial charge in [-0.3, -0.25) is 0 Å². The Bertz CT molecular complexity index is 1340. The fourth-order valence-corrected chi connectivity index (χ4v) is 5.84. The Morgan fingerprint density at radius 2 is 1.61 bits per heavy atom. The Hall–Kier alpha value is -4.22. The van der Waals surface area contributed by atoms with Crippen LogP contribution in [0, 0.1) is 28.1 Å². The average molecular weight is 476 g/mol. The van der Waals surface area contributed by atoms with Crippen molar-refractivity contribution >= 4 is 11.8 Å². The molecule has 2 heterocycles. The van der Waals surface area contributed by atoms with Crippen LogP contribution in [0.25, 0.3) is 6.08 Å². The molecule has 3 aromatic carbocycles. The Morgan fingerprint density at radius 1 is 0.889 bits per heavy atom. The van der Waals surface area contributed by atoms with E-state index in [1.165, 1.54) is 0 Å². The minimum atomic E-state index is -1.32. The fourth-order valence-electron chi connectivity index (χ4n) is 5.84. The Morgan fingerprint density at radius 3 is 2.33 bits per heavy atom. The van der Waals surface area contributed by atoms with E-state index < -0.39 is 17.4 Å². The molecular weight excluding hydrogens is 446 g/mol. The van der Waals surface area contributed by atoms with Gasteiger partial charge in [-0.2, -0.15) is 10.5 Å². The van der Waals surface area contributed by atoms with Gasteiger partial charge in [0.05, 0.1) is 31.4 Å². The molecule has 0 aliphatic carbocycles. The van der Waals surface area contributed by atoms with Crippen molar-refractivity contribution in [2.75, 3.05) is 18.1 Å². The number of nitrogens with zero attached hydrogens (tertiary/aromatic N) is 3. The molecule has 3 atom stereocenters. The number of ether oxygens (including phenoxy) is 2. The normalized spacial score (nSPS) is 21.1. The zero-order valence-corrected chi connectivity index (χ0v) is 20.6. The number of anilines is 1. The summed E-state index contributed by atoms with van der Waals surface area (Å²) >= 11 is 0. The van der Waals surface area contributed by atoms with E-state index in [1.807, 2.05) is 74.5 Å². The summed E-state index contributed by atoms with van der Waals surface area (Å²) in [7, 11) is 0. The highest BCUT2D eigenvalue weighted by Crippen LogP contribution is 2.57. The van der Waals surface area contributed by atoms with E-state index in [9.17, 15) is 10.5 Å². The van der Waals surface area contributed by atoms with Gasteiger partial charge < -0.3 is 14.4 Å². The lowest BCUT2D eigenvalue weighted by atomic mass is 9.69. The van der Waals surface area contributed by atoms with E-state index in [4.69, 9.17) is 9.47 Å². The summed E-state index contributed by atoms with van der Waals surface area (Å²) < 4.78 is 11.9. The number of nitriles is 2. The first kappa shape index (κ1) is 23.5. The molecular formula is C31H29N3O2. The number of rotatable bonds is 7. The van der Waals surface area contributed by atoms with Crippen molar-refractivity contribution in [2.45, 2.75) is 38.3 Å². The van der Waals surface area contributed by atoms with Gasteiger partial charge in [-0.25, -0.2) is 0 Å². The van der Waals surface area contributed by atoms with Gasteiger partial charge in [0.1, 0.15) is 11.5 Å². The molecule has 0 saturated carbocycles. The van der Waals surface area contributed by atoms with Crippen LogP contribution in [0.2, 0.25) is 0 Å². The summed E-state index contributed by atoms with van der Waals surface area (Å²) in [6, 6.07) is 28.7. The molecule has 2 aliphatic heterocycles. The molecule has 1 fully saturated rings. The van der Waals surface area contributed by atoms with Gasteiger partial charge in [0.2, 0.25) is 0 Å². The molecule has 5 heteroatoms. The van der Waals surface area contributed by atoms with E-state index >= 15 is 0 Å². The average Bonchev–Trinajstić information content (AvgIpc) is 3.20. The van der Waals surface area contributed by atoms with Gasteiger partial charge in [-0.05, 0) is 55.7 Å². The van der Waals surface area contributed by atoms with Gasteiger partial charge in [0.15, 0.2) is 5.41 Å². The van der Waals surface area contributed by atoms with Crippen LogP contribution in [0.15, 0.2) is 78.9 Å². The van der Waals surface area contributed by atoms with Gasteiger partial charge in [0.25, 0.3) is 0 Å². The zero-order chi connectivity index (χ0) is 25.1. The third kappa shape index (κ3) is 3.78. The maximum atomic E-state index is 10.7. The van der Waals surface area contributed by atoms with Crippen LogP contribution in [0.5, 0.6) is 11.5 Å². The van der Waals surface area contributed by atoms with E-state index in [0.29, 0.717) is 31.1 Å². The fraction of sp³-hybridized carbons (Fsp3) is 0.290. The lowest BCUT2D eigenvalue weighted by molar-refractivity contribution is 0.318. The van der Waals surface area contributed by atoms with Gasteiger partial charge in [-0.15, -0.1) is 0 Å². The highest BCUT2D eigenvalue weighted by atomic mass is 16.5. The van der Waals surface area contributed by atoms with Crippen molar-refractivity contribution < 1.29 is 9.47 Å².